The number of thiophene rings is 1. The normalized spacial score (nSPS) is 10.8. The highest BCUT2D eigenvalue weighted by Gasteiger charge is 2.16. The third kappa shape index (κ3) is 3.37. The van der Waals surface area contributed by atoms with E-state index in [4.69, 9.17) is 4.98 Å². The molecule has 2 amide bonds. The van der Waals surface area contributed by atoms with Crippen molar-refractivity contribution in [1.29, 1.82) is 0 Å². The molecule has 0 unspecified atom stereocenters. The van der Waals surface area contributed by atoms with Crippen molar-refractivity contribution in [2.24, 2.45) is 0 Å². The van der Waals surface area contributed by atoms with Gasteiger partial charge in [-0.1, -0.05) is 12.1 Å². The SMILES string of the molecule is CCn1c(-c2ccc(C(=O)NNC(=O)c3ccncc3)s2)nc2ccccc21. The van der Waals surface area contributed by atoms with E-state index in [0.29, 0.717) is 10.4 Å². The fourth-order valence-corrected chi connectivity index (χ4v) is 3.81. The van der Waals surface area contributed by atoms with Gasteiger partial charge in [-0.05, 0) is 43.3 Å². The smallest absolute Gasteiger partial charge is 0.279 e. The van der Waals surface area contributed by atoms with E-state index in [1.165, 1.54) is 23.7 Å². The maximum atomic E-state index is 12.4. The predicted molar refractivity (Wildman–Crippen MR) is 108 cm³/mol. The maximum Gasteiger partial charge on any atom is 0.279 e. The van der Waals surface area contributed by atoms with Crippen molar-refractivity contribution in [3.05, 3.63) is 71.4 Å². The van der Waals surface area contributed by atoms with E-state index in [2.05, 4.69) is 27.3 Å². The van der Waals surface area contributed by atoms with Crippen molar-refractivity contribution < 1.29 is 9.59 Å². The van der Waals surface area contributed by atoms with E-state index < -0.39 is 5.91 Å². The molecule has 7 nitrogen and oxygen atoms in total. The van der Waals surface area contributed by atoms with Crippen molar-refractivity contribution in [2.45, 2.75) is 13.5 Å². The minimum atomic E-state index is -0.402. The molecule has 0 aliphatic carbocycles. The van der Waals surface area contributed by atoms with Gasteiger partial charge in [-0.2, -0.15) is 0 Å². The molecular formula is C20H17N5O2S. The van der Waals surface area contributed by atoms with Crippen LogP contribution in [0.1, 0.15) is 27.0 Å². The lowest BCUT2D eigenvalue weighted by atomic mass is 10.3. The number of benzene rings is 1. The average molecular weight is 391 g/mol. The topological polar surface area (TPSA) is 88.9 Å². The molecule has 0 aliphatic rings. The van der Waals surface area contributed by atoms with Crippen molar-refractivity contribution in [1.82, 2.24) is 25.4 Å². The summed E-state index contributed by atoms with van der Waals surface area (Å²) in [5, 5.41) is 0. The molecule has 0 atom stereocenters. The first-order valence-electron chi connectivity index (χ1n) is 8.73. The molecule has 1 aromatic carbocycles. The Hall–Kier alpha value is -3.52. The Morgan fingerprint density at radius 3 is 2.54 bits per heavy atom. The second-order valence-electron chi connectivity index (χ2n) is 5.98. The largest absolute Gasteiger partial charge is 0.324 e. The number of hydrogen-bond acceptors (Lipinski definition) is 5. The minimum Gasteiger partial charge on any atom is -0.324 e. The van der Waals surface area contributed by atoms with Gasteiger partial charge in [-0.15, -0.1) is 11.3 Å². The summed E-state index contributed by atoms with van der Waals surface area (Å²) >= 11 is 1.33. The molecule has 0 bridgehead atoms. The lowest BCUT2D eigenvalue weighted by Crippen LogP contribution is -2.41. The summed E-state index contributed by atoms with van der Waals surface area (Å²) in [6.45, 7) is 2.84. The predicted octanol–water partition coefficient (Wildman–Crippen LogP) is 3.25. The molecule has 0 aliphatic heterocycles. The third-order valence-electron chi connectivity index (χ3n) is 4.25. The van der Waals surface area contributed by atoms with Crippen LogP contribution in [0.25, 0.3) is 21.7 Å². The fourth-order valence-electron chi connectivity index (χ4n) is 2.91. The van der Waals surface area contributed by atoms with Gasteiger partial charge in [0, 0.05) is 24.5 Å². The summed E-state index contributed by atoms with van der Waals surface area (Å²) in [5.41, 5.74) is 7.25. The van der Waals surface area contributed by atoms with Gasteiger partial charge in [0.25, 0.3) is 11.8 Å². The fraction of sp³-hybridized carbons (Fsp3) is 0.100. The van der Waals surface area contributed by atoms with Crippen LogP contribution >= 0.6 is 11.3 Å². The maximum absolute atomic E-state index is 12.4. The number of nitrogens with zero attached hydrogens (tertiary/aromatic N) is 3. The zero-order chi connectivity index (χ0) is 19.5. The number of carbonyl (C=O) groups excluding carboxylic acids is 2. The molecule has 140 valence electrons. The first-order chi connectivity index (χ1) is 13.7. The van der Waals surface area contributed by atoms with Crippen molar-refractivity contribution in [3.63, 3.8) is 0 Å². The Bertz CT molecular complexity index is 1150. The van der Waals surface area contributed by atoms with E-state index in [0.717, 1.165) is 28.3 Å². The van der Waals surface area contributed by atoms with Gasteiger partial charge in [0.05, 0.1) is 20.8 Å². The van der Waals surface area contributed by atoms with E-state index in [1.807, 2.05) is 30.3 Å². The van der Waals surface area contributed by atoms with Crippen LogP contribution in [0, 0.1) is 0 Å². The van der Waals surface area contributed by atoms with Crippen LogP contribution in [-0.4, -0.2) is 26.3 Å². The second kappa shape index (κ2) is 7.61. The first kappa shape index (κ1) is 17.9. The van der Waals surface area contributed by atoms with Crippen LogP contribution in [0.5, 0.6) is 0 Å². The third-order valence-corrected chi connectivity index (χ3v) is 5.33. The Morgan fingerprint density at radius 2 is 1.75 bits per heavy atom. The van der Waals surface area contributed by atoms with Gasteiger partial charge in [0.2, 0.25) is 0 Å². The van der Waals surface area contributed by atoms with Crippen LogP contribution in [0.2, 0.25) is 0 Å². The van der Waals surface area contributed by atoms with Crippen molar-refractivity contribution >= 4 is 34.2 Å². The first-order valence-corrected chi connectivity index (χ1v) is 9.55. The molecule has 3 heterocycles. The monoisotopic (exact) mass is 391 g/mol. The summed E-state index contributed by atoms with van der Waals surface area (Å²) < 4.78 is 2.12. The number of hydrogen-bond donors (Lipinski definition) is 2. The van der Waals surface area contributed by atoms with Gasteiger partial charge in [0.1, 0.15) is 0 Å². The average Bonchev–Trinajstić information content (AvgIpc) is 3.36. The Labute approximate surface area is 165 Å². The molecule has 3 aromatic heterocycles. The highest BCUT2D eigenvalue weighted by molar-refractivity contribution is 7.17. The van der Waals surface area contributed by atoms with Gasteiger partial charge >= 0.3 is 0 Å². The standard InChI is InChI=1S/C20H17N5O2S/c1-2-25-15-6-4-3-5-14(15)22-18(25)16-7-8-17(28-16)20(27)24-23-19(26)13-9-11-21-12-10-13/h3-12H,2H2,1H3,(H,23,26)(H,24,27). The Morgan fingerprint density at radius 1 is 1.00 bits per heavy atom. The number of pyridine rings is 1. The van der Waals surface area contributed by atoms with E-state index in [1.54, 1.807) is 18.2 Å². The number of hydrazine groups is 1. The lowest BCUT2D eigenvalue weighted by molar-refractivity contribution is 0.0849. The van der Waals surface area contributed by atoms with Gasteiger partial charge in [-0.3, -0.25) is 25.4 Å². The number of aromatic nitrogens is 3. The Balaban J connectivity index is 1.51. The van der Waals surface area contributed by atoms with Gasteiger partial charge < -0.3 is 4.57 Å². The van der Waals surface area contributed by atoms with E-state index in [-0.39, 0.29) is 5.91 Å². The number of nitrogens with one attached hydrogen (secondary N) is 2. The summed E-state index contributed by atoms with van der Waals surface area (Å²) in [6.07, 6.45) is 3.03. The zero-order valence-electron chi connectivity index (χ0n) is 15.0. The van der Waals surface area contributed by atoms with Crippen molar-refractivity contribution in [2.75, 3.05) is 0 Å². The number of amides is 2. The second-order valence-corrected chi connectivity index (χ2v) is 7.06. The molecule has 0 radical (unpaired) electrons. The molecule has 4 rings (SSSR count). The quantitative estimate of drug-likeness (QED) is 0.523. The number of para-hydroxylation sites is 2. The van der Waals surface area contributed by atoms with Crippen LogP contribution in [-0.2, 0) is 6.54 Å². The number of aryl methyl sites for hydroxylation is 1. The highest BCUT2D eigenvalue weighted by atomic mass is 32.1. The zero-order valence-corrected chi connectivity index (χ0v) is 15.9. The highest BCUT2D eigenvalue weighted by Crippen LogP contribution is 2.30. The van der Waals surface area contributed by atoms with Crippen LogP contribution in [0.4, 0.5) is 0 Å². The minimum absolute atomic E-state index is 0.377. The van der Waals surface area contributed by atoms with Gasteiger partial charge in [0.15, 0.2) is 5.82 Å². The molecule has 28 heavy (non-hydrogen) atoms. The molecule has 0 spiro atoms. The van der Waals surface area contributed by atoms with E-state index in [9.17, 15) is 9.59 Å². The summed E-state index contributed by atoms with van der Waals surface area (Å²) in [6, 6.07) is 14.7. The molecule has 2 N–H and O–H groups in total. The molecule has 4 aromatic rings. The summed E-state index contributed by atoms with van der Waals surface area (Å²) in [5.74, 6) is 0.0479. The number of carbonyl (C=O) groups is 2. The molecule has 0 fully saturated rings. The van der Waals surface area contributed by atoms with Crippen LogP contribution < -0.4 is 10.9 Å². The van der Waals surface area contributed by atoms with E-state index >= 15 is 0 Å². The molecule has 0 saturated heterocycles. The number of fused-ring (bicyclic) bond motifs is 1. The molecular weight excluding hydrogens is 374 g/mol. The number of imidazole rings is 1. The summed E-state index contributed by atoms with van der Waals surface area (Å²) in [4.78, 5) is 34.4. The molecule has 8 heteroatoms. The lowest BCUT2D eigenvalue weighted by Gasteiger charge is -2.06. The van der Waals surface area contributed by atoms with Crippen molar-refractivity contribution in [3.8, 4) is 10.7 Å². The molecule has 0 saturated carbocycles. The van der Waals surface area contributed by atoms with Crippen LogP contribution in [0.3, 0.4) is 0 Å². The number of rotatable bonds is 4. The van der Waals surface area contributed by atoms with Crippen LogP contribution in [0.15, 0.2) is 60.9 Å². The Kier molecular flexibility index (Phi) is 4.86. The van der Waals surface area contributed by atoms with Gasteiger partial charge in [-0.25, -0.2) is 4.98 Å². The summed E-state index contributed by atoms with van der Waals surface area (Å²) in [7, 11) is 0.